The van der Waals surface area contributed by atoms with Crippen LogP contribution in [0, 0.1) is 0 Å². The molecule has 1 rings (SSSR count). The first-order chi connectivity index (χ1) is 17.5. The zero-order valence-electron chi connectivity index (χ0n) is 22.5. The quantitative estimate of drug-likeness (QED) is 0.184. The second kappa shape index (κ2) is 23.5. The van der Waals surface area contributed by atoms with E-state index >= 15 is 0 Å². The predicted octanol–water partition coefficient (Wildman–Crippen LogP) is 1.10. The zero-order valence-corrected chi connectivity index (χ0v) is 23.3. The molecule has 1 unspecified atom stereocenters. The Labute approximate surface area is 221 Å². The van der Waals surface area contributed by atoms with E-state index in [4.69, 9.17) is 23.7 Å². The van der Waals surface area contributed by atoms with Gasteiger partial charge in [-0.05, 0) is 6.26 Å². The molecular weight excluding hydrogens is 491 g/mol. The van der Waals surface area contributed by atoms with Crippen LogP contribution in [0.5, 0.6) is 0 Å². The number of nitrogens with zero attached hydrogens (tertiary/aromatic N) is 2. The molecule has 0 aromatic rings. The maximum atomic E-state index is 13.7. The van der Waals surface area contributed by atoms with Crippen LogP contribution >= 0.6 is 11.8 Å². The van der Waals surface area contributed by atoms with Gasteiger partial charge in [0.2, 0.25) is 0 Å². The fourth-order valence-electron chi connectivity index (χ4n) is 3.34. The highest BCUT2D eigenvalue weighted by Crippen LogP contribution is 2.02. The number of rotatable bonds is 23. The summed E-state index contributed by atoms with van der Waals surface area (Å²) < 4.78 is 41.2. The second-order valence-corrected chi connectivity index (χ2v) is 9.57. The van der Waals surface area contributed by atoms with Gasteiger partial charge in [-0.1, -0.05) is 25.6 Å². The number of thioether (sulfide) groups is 1. The molecular formula is C24H49FN4O6S. The van der Waals surface area contributed by atoms with Crippen LogP contribution in [0.2, 0.25) is 0 Å². The molecule has 1 saturated heterocycles. The summed E-state index contributed by atoms with van der Waals surface area (Å²) >= 11 is 1.04. The van der Waals surface area contributed by atoms with Crippen molar-refractivity contribution in [3.05, 3.63) is 0 Å². The first-order valence-electron chi connectivity index (χ1n) is 13.0. The van der Waals surface area contributed by atoms with Gasteiger partial charge in [0.05, 0.1) is 72.6 Å². The summed E-state index contributed by atoms with van der Waals surface area (Å²) in [5.41, 5.74) is 0. The van der Waals surface area contributed by atoms with Crippen LogP contribution in [0.4, 0.5) is 9.18 Å². The molecule has 1 aliphatic rings. The van der Waals surface area contributed by atoms with Crippen LogP contribution in [-0.2, 0) is 23.7 Å². The zero-order chi connectivity index (χ0) is 26.3. The molecule has 214 valence electrons. The number of nitrogens with one attached hydrogen (secondary N) is 2. The molecule has 10 nitrogen and oxygen atoms in total. The van der Waals surface area contributed by atoms with Gasteiger partial charge in [0.25, 0.3) is 5.24 Å². The van der Waals surface area contributed by atoms with E-state index in [9.17, 15) is 9.18 Å². The summed E-state index contributed by atoms with van der Waals surface area (Å²) in [6, 6.07) is 0.483. The van der Waals surface area contributed by atoms with Crippen LogP contribution in [0.1, 0.15) is 13.8 Å². The number of piperazine rings is 1. The number of hydrogen-bond acceptors (Lipinski definition) is 10. The Morgan fingerprint density at radius 1 is 0.806 bits per heavy atom. The Bertz CT molecular complexity index is 519. The van der Waals surface area contributed by atoms with Gasteiger partial charge in [0.1, 0.15) is 6.17 Å². The molecule has 0 spiro atoms. The van der Waals surface area contributed by atoms with Crippen molar-refractivity contribution in [2.45, 2.75) is 26.1 Å². The van der Waals surface area contributed by atoms with Crippen molar-refractivity contribution >= 4 is 17.0 Å². The van der Waals surface area contributed by atoms with Crippen LogP contribution in [0.15, 0.2) is 0 Å². The monoisotopic (exact) mass is 540 g/mol. The van der Waals surface area contributed by atoms with Crippen molar-refractivity contribution in [2.24, 2.45) is 0 Å². The second-order valence-electron chi connectivity index (χ2n) is 8.79. The summed E-state index contributed by atoms with van der Waals surface area (Å²) in [5.74, 6) is 0. The van der Waals surface area contributed by atoms with Gasteiger partial charge in [-0.2, -0.15) is 0 Å². The number of alkyl halides is 1. The molecule has 36 heavy (non-hydrogen) atoms. The van der Waals surface area contributed by atoms with E-state index in [1.54, 1.807) is 6.26 Å². The summed E-state index contributed by atoms with van der Waals surface area (Å²) in [4.78, 5) is 15.8. The summed E-state index contributed by atoms with van der Waals surface area (Å²) in [5, 5.41) is 5.58. The standard InChI is InChI=1S/C24H49FN4O6S/c1-22(2)26-4-11-31-14-16-33-18-19-34-17-15-32-12-9-28-5-7-29(8-6-28)10-13-35-21-23(25)20-27-24(30)36-3/h22-23,26H,4-21H2,1-3H3,(H,27,30). The minimum Gasteiger partial charge on any atom is -0.378 e. The highest BCUT2D eigenvalue weighted by molar-refractivity contribution is 8.12. The number of carbonyl (C=O) groups is 1. The van der Waals surface area contributed by atoms with E-state index in [0.717, 1.165) is 57.6 Å². The Balaban J connectivity index is 1.81. The van der Waals surface area contributed by atoms with Crippen molar-refractivity contribution in [1.29, 1.82) is 0 Å². The molecule has 0 aromatic heterocycles. The lowest BCUT2D eigenvalue weighted by atomic mass is 10.3. The molecule has 1 aliphatic heterocycles. The lowest BCUT2D eigenvalue weighted by Gasteiger charge is -2.34. The van der Waals surface area contributed by atoms with Gasteiger partial charge in [-0.15, -0.1) is 0 Å². The Morgan fingerprint density at radius 3 is 1.78 bits per heavy atom. The van der Waals surface area contributed by atoms with Gasteiger partial charge < -0.3 is 34.3 Å². The van der Waals surface area contributed by atoms with Crippen LogP contribution in [-0.4, -0.2) is 152 Å². The minimum absolute atomic E-state index is 0.00591. The average Bonchev–Trinajstić information content (AvgIpc) is 2.88. The smallest absolute Gasteiger partial charge is 0.278 e. The van der Waals surface area contributed by atoms with Gasteiger partial charge in [-0.25, -0.2) is 4.39 Å². The van der Waals surface area contributed by atoms with E-state index in [1.165, 1.54) is 0 Å². The number of carbonyl (C=O) groups excluding carboxylic acids is 1. The average molecular weight is 541 g/mol. The summed E-state index contributed by atoms with van der Waals surface area (Å²) in [7, 11) is 0. The van der Waals surface area contributed by atoms with Crippen LogP contribution < -0.4 is 10.6 Å². The van der Waals surface area contributed by atoms with Crippen LogP contribution in [0.3, 0.4) is 0 Å². The van der Waals surface area contributed by atoms with Crippen molar-refractivity contribution in [3.63, 3.8) is 0 Å². The normalized spacial score (nSPS) is 16.0. The fraction of sp³-hybridized carbons (Fsp3) is 0.958. The third-order valence-electron chi connectivity index (χ3n) is 5.44. The number of ether oxygens (including phenoxy) is 5. The highest BCUT2D eigenvalue weighted by atomic mass is 32.2. The summed E-state index contributed by atoms with van der Waals surface area (Å²) in [6.45, 7) is 16.0. The third-order valence-corrected chi connectivity index (χ3v) is 5.95. The van der Waals surface area contributed by atoms with Crippen molar-refractivity contribution in [2.75, 3.05) is 125 Å². The van der Waals surface area contributed by atoms with Gasteiger partial charge in [0, 0.05) is 51.9 Å². The summed E-state index contributed by atoms with van der Waals surface area (Å²) in [6.07, 6.45) is 0.483. The van der Waals surface area contributed by atoms with Gasteiger partial charge in [0.15, 0.2) is 0 Å². The van der Waals surface area contributed by atoms with Crippen molar-refractivity contribution < 1.29 is 32.9 Å². The van der Waals surface area contributed by atoms with E-state index < -0.39 is 6.17 Å². The Kier molecular flexibility index (Phi) is 21.9. The maximum absolute atomic E-state index is 13.7. The molecule has 1 fully saturated rings. The van der Waals surface area contributed by atoms with E-state index in [-0.39, 0.29) is 18.4 Å². The molecule has 2 N–H and O–H groups in total. The number of amides is 1. The number of hydrogen-bond donors (Lipinski definition) is 2. The highest BCUT2D eigenvalue weighted by Gasteiger charge is 2.16. The lowest BCUT2D eigenvalue weighted by Crippen LogP contribution is -2.48. The van der Waals surface area contributed by atoms with E-state index in [0.29, 0.717) is 65.5 Å². The molecule has 0 aromatic carbocycles. The van der Waals surface area contributed by atoms with E-state index in [2.05, 4.69) is 34.3 Å². The van der Waals surface area contributed by atoms with E-state index in [1.807, 2.05) is 0 Å². The Hall–Kier alpha value is -0.570. The largest absolute Gasteiger partial charge is 0.378 e. The lowest BCUT2D eigenvalue weighted by molar-refractivity contribution is -0.00547. The molecule has 1 amide bonds. The molecule has 1 atom stereocenters. The fourth-order valence-corrected chi connectivity index (χ4v) is 3.57. The first kappa shape index (κ1) is 33.5. The van der Waals surface area contributed by atoms with Gasteiger partial charge in [-0.3, -0.25) is 14.6 Å². The van der Waals surface area contributed by atoms with Crippen LogP contribution in [0.25, 0.3) is 0 Å². The van der Waals surface area contributed by atoms with Gasteiger partial charge >= 0.3 is 0 Å². The van der Waals surface area contributed by atoms with Crippen molar-refractivity contribution in [1.82, 2.24) is 20.4 Å². The third kappa shape index (κ3) is 20.5. The first-order valence-corrected chi connectivity index (χ1v) is 14.3. The maximum Gasteiger partial charge on any atom is 0.278 e. The molecule has 12 heteroatoms. The molecule has 0 bridgehead atoms. The molecule has 0 radical (unpaired) electrons. The SMILES string of the molecule is CSC(=O)NCC(F)COCCN1CCN(CCOCCOCCOCCOCCNC(C)C)CC1. The molecule has 0 aliphatic carbocycles. The molecule has 0 saturated carbocycles. The van der Waals surface area contributed by atoms with Crippen molar-refractivity contribution in [3.8, 4) is 0 Å². The Morgan fingerprint density at radius 2 is 1.28 bits per heavy atom. The molecule has 1 heterocycles. The predicted molar refractivity (Wildman–Crippen MR) is 142 cm³/mol. The number of halogens is 1. The topological polar surface area (TPSA) is 93.8 Å². The minimum atomic E-state index is -1.18.